The van der Waals surface area contributed by atoms with Crippen LogP contribution < -0.4 is 5.32 Å². The molecule has 0 radical (unpaired) electrons. The highest BCUT2D eigenvalue weighted by molar-refractivity contribution is 5.77. The molecule has 0 aromatic carbocycles. The molecule has 3 unspecified atom stereocenters. The molecule has 0 saturated carbocycles. The van der Waals surface area contributed by atoms with E-state index in [2.05, 4.69) is 111 Å². The van der Waals surface area contributed by atoms with Crippen LogP contribution in [0.2, 0.25) is 0 Å². The number of amides is 1. The van der Waals surface area contributed by atoms with Crippen LogP contribution in [-0.2, 0) is 14.3 Å². The fraction of sp³-hybridized carbons (Fsp3) is 0.686. The minimum absolute atomic E-state index is 0.0270. The Balaban J connectivity index is 4.75. The Hall–Kier alpha value is -2.96. The number of esters is 1. The Morgan fingerprint density at radius 3 is 1.65 bits per heavy atom. The topological polar surface area (TPSA) is 95.9 Å². The van der Waals surface area contributed by atoms with E-state index in [-0.39, 0.29) is 24.9 Å². The van der Waals surface area contributed by atoms with Gasteiger partial charge in [-0.2, -0.15) is 0 Å². The summed E-state index contributed by atoms with van der Waals surface area (Å²) in [6.07, 6.45) is 56.4. The predicted octanol–water partition coefficient (Wildman–Crippen LogP) is 13.6. The minimum atomic E-state index is -0.808. The molecule has 0 rings (SSSR count). The van der Waals surface area contributed by atoms with Crippen LogP contribution in [0.1, 0.15) is 201 Å². The van der Waals surface area contributed by atoms with E-state index in [4.69, 9.17) is 4.74 Å². The summed E-state index contributed by atoms with van der Waals surface area (Å²) in [6.45, 7) is 6.19. The molecule has 0 bridgehead atoms. The second-order valence-electron chi connectivity index (χ2n) is 15.5. The highest BCUT2D eigenvalue weighted by atomic mass is 16.5. The molecule has 0 heterocycles. The highest BCUT2D eigenvalue weighted by Gasteiger charge is 2.24. The van der Waals surface area contributed by atoms with Gasteiger partial charge in [0.15, 0.2) is 0 Å². The van der Waals surface area contributed by atoms with Gasteiger partial charge in [0.05, 0.1) is 25.2 Å². The van der Waals surface area contributed by atoms with Crippen LogP contribution in [0.15, 0.2) is 85.1 Å². The maximum absolute atomic E-state index is 13.1. The Labute approximate surface area is 351 Å². The second-order valence-corrected chi connectivity index (χ2v) is 15.5. The molecule has 6 heteroatoms. The lowest BCUT2D eigenvalue weighted by molar-refractivity contribution is -0.151. The number of hydrogen-bond donors (Lipinski definition) is 3. The zero-order chi connectivity index (χ0) is 41.7. The molecule has 3 atom stereocenters. The van der Waals surface area contributed by atoms with E-state index in [1.165, 1.54) is 51.4 Å². The predicted molar refractivity (Wildman–Crippen MR) is 245 cm³/mol. The van der Waals surface area contributed by atoms with Gasteiger partial charge in [-0.15, -0.1) is 0 Å². The fourth-order valence-electron chi connectivity index (χ4n) is 6.54. The number of ether oxygens (including phenoxy) is 1. The highest BCUT2D eigenvalue weighted by Crippen LogP contribution is 2.16. The van der Waals surface area contributed by atoms with E-state index in [9.17, 15) is 19.8 Å². The largest absolute Gasteiger partial charge is 0.462 e. The number of unbranched alkanes of at least 4 members (excludes halogenated alkanes) is 16. The van der Waals surface area contributed by atoms with E-state index in [1.54, 1.807) is 0 Å². The van der Waals surface area contributed by atoms with Gasteiger partial charge in [0.2, 0.25) is 5.91 Å². The normalized spacial score (nSPS) is 14.1. The summed E-state index contributed by atoms with van der Waals surface area (Å²) in [5.41, 5.74) is 0. The Bertz CT molecular complexity index is 1120. The average molecular weight is 794 g/mol. The molecular weight excluding hydrogens is 707 g/mol. The van der Waals surface area contributed by atoms with Crippen molar-refractivity contribution in [2.24, 2.45) is 0 Å². The average Bonchev–Trinajstić information content (AvgIpc) is 3.20. The molecule has 326 valence electrons. The van der Waals surface area contributed by atoms with Crippen LogP contribution in [0.3, 0.4) is 0 Å². The van der Waals surface area contributed by atoms with Crippen molar-refractivity contribution in [1.29, 1.82) is 0 Å². The molecule has 0 aromatic rings. The lowest BCUT2D eigenvalue weighted by Crippen LogP contribution is -2.46. The van der Waals surface area contributed by atoms with Crippen LogP contribution in [0.25, 0.3) is 0 Å². The summed E-state index contributed by atoms with van der Waals surface area (Å²) in [4.78, 5) is 26.0. The smallest absolute Gasteiger partial charge is 0.306 e. The Morgan fingerprint density at radius 2 is 1.05 bits per heavy atom. The maximum atomic E-state index is 13.1. The summed E-state index contributed by atoms with van der Waals surface area (Å²) in [6, 6.07) is -0.726. The minimum Gasteiger partial charge on any atom is -0.462 e. The molecular formula is C51H87NO5. The molecule has 0 spiro atoms. The zero-order valence-electron chi connectivity index (χ0n) is 36.9. The number of nitrogens with one attached hydrogen (secondary N) is 1. The van der Waals surface area contributed by atoms with Gasteiger partial charge in [-0.1, -0.05) is 196 Å². The molecule has 0 aliphatic heterocycles. The number of rotatable bonds is 40. The number of aliphatic hydroxyl groups excluding tert-OH is 2. The molecule has 0 aliphatic carbocycles. The molecule has 3 N–H and O–H groups in total. The van der Waals surface area contributed by atoms with E-state index in [0.29, 0.717) is 19.3 Å². The Kier molecular flexibility index (Phi) is 41.9. The number of carbonyl (C=O) groups excluding carboxylic acids is 2. The van der Waals surface area contributed by atoms with Gasteiger partial charge in [0, 0.05) is 6.42 Å². The third kappa shape index (κ3) is 39.6. The fourth-order valence-corrected chi connectivity index (χ4v) is 6.54. The van der Waals surface area contributed by atoms with Gasteiger partial charge in [-0.25, -0.2) is 0 Å². The summed E-state index contributed by atoms with van der Waals surface area (Å²) < 4.78 is 5.87. The van der Waals surface area contributed by atoms with Crippen molar-refractivity contribution in [3.63, 3.8) is 0 Å². The Morgan fingerprint density at radius 1 is 0.544 bits per heavy atom. The third-order valence-electron chi connectivity index (χ3n) is 10.0. The van der Waals surface area contributed by atoms with Crippen molar-refractivity contribution in [1.82, 2.24) is 5.32 Å². The quantitative estimate of drug-likeness (QED) is 0.0248. The SMILES string of the molecule is CC/C=C/C=C/C=C\CCCCCCCC(=O)OC(CCC/C=C/C/C=C/C/C=C/C/C=C/CC)CC(=O)NC(CO)C(O)CCCCCCCCCCCCC. The van der Waals surface area contributed by atoms with Gasteiger partial charge < -0.3 is 20.3 Å². The molecule has 0 aromatic heterocycles. The third-order valence-corrected chi connectivity index (χ3v) is 10.0. The van der Waals surface area contributed by atoms with Crippen molar-refractivity contribution in [2.45, 2.75) is 219 Å². The molecule has 6 nitrogen and oxygen atoms in total. The first-order chi connectivity index (χ1) is 28.0. The van der Waals surface area contributed by atoms with Crippen molar-refractivity contribution >= 4 is 11.9 Å². The van der Waals surface area contributed by atoms with Crippen LogP contribution >= 0.6 is 0 Å². The van der Waals surface area contributed by atoms with Crippen molar-refractivity contribution in [3.05, 3.63) is 85.1 Å². The zero-order valence-corrected chi connectivity index (χ0v) is 36.9. The van der Waals surface area contributed by atoms with Gasteiger partial charge in [-0.05, 0) is 77.0 Å². The molecule has 57 heavy (non-hydrogen) atoms. The van der Waals surface area contributed by atoms with Crippen molar-refractivity contribution < 1.29 is 24.5 Å². The summed E-state index contributed by atoms with van der Waals surface area (Å²) in [5.74, 6) is -0.561. The molecule has 1 amide bonds. The summed E-state index contributed by atoms with van der Waals surface area (Å²) in [7, 11) is 0. The van der Waals surface area contributed by atoms with Gasteiger partial charge >= 0.3 is 5.97 Å². The first kappa shape index (κ1) is 54.0. The van der Waals surface area contributed by atoms with Gasteiger partial charge in [-0.3, -0.25) is 9.59 Å². The van der Waals surface area contributed by atoms with Crippen LogP contribution in [-0.4, -0.2) is 46.9 Å². The molecule has 0 saturated heterocycles. The second kappa shape index (κ2) is 44.1. The number of hydrogen-bond acceptors (Lipinski definition) is 5. The van der Waals surface area contributed by atoms with E-state index in [1.807, 2.05) is 0 Å². The first-order valence-electron chi connectivity index (χ1n) is 23.3. The maximum Gasteiger partial charge on any atom is 0.306 e. The van der Waals surface area contributed by atoms with Gasteiger partial charge in [0.1, 0.15) is 6.10 Å². The standard InChI is InChI=1S/C51H87NO5/c1-4-7-10-13-16-19-22-24-26-28-30-33-36-39-42-47(57-51(56)44-41-38-35-32-29-25-23-20-17-14-11-8-5-2)45-50(55)52-48(46-53)49(54)43-40-37-34-31-27-21-18-15-12-9-6-3/h7-8,10-11,14,16-17,19-20,23-24,26,30,33,47-49,53-54H,4-6,9,12-13,15,18,21-22,25,27-29,31-32,34-46H2,1-3H3,(H,52,55)/b10-7+,11-8+,17-14+,19-16+,23-20-,26-24+,33-30+. The summed E-state index contributed by atoms with van der Waals surface area (Å²) >= 11 is 0. The van der Waals surface area contributed by atoms with Crippen LogP contribution in [0, 0.1) is 0 Å². The summed E-state index contributed by atoms with van der Waals surface area (Å²) in [5, 5.41) is 23.6. The lowest BCUT2D eigenvalue weighted by atomic mass is 10.0. The first-order valence-corrected chi connectivity index (χ1v) is 23.3. The lowest BCUT2D eigenvalue weighted by Gasteiger charge is -2.24. The molecule has 0 fully saturated rings. The van der Waals surface area contributed by atoms with Crippen LogP contribution in [0.4, 0.5) is 0 Å². The van der Waals surface area contributed by atoms with E-state index in [0.717, 1.165) is 103 Å². The number of aliphatic hydroxyl groups is 2. The van der Waals surface area contributed by atoms with E-state index < -0.39 is 18.2 Å². The number of carbonyl (C=O) groups is 2. The van der Waals surface area contributed by atoms with Crippen molar-refractivity contribution in [2.75, 3.05) is 6.61 Å². The monoisotopic (exact) mass is 794 g/mol. The van der Waals surface area contributed by atoms with Crippen LogP contribution in [0.5, 0.6) is 0 Å². The van der Waals surface area contributed by atoms with Crippen molar-refractivity contribution in [3.8, 4) is 0 Å². The molecule has 0 aliphatic rings. The number of allylic oxidation sites excluding steroid dienone is 14. The van der Waals surface area contributed by atoms with Gasteiger partial charge in [0.25, 0.3) is 0 Å². The van der Waals surface area contributed by atoms with E-state index >= 15 is 0 Å².